The van der Waals surface area contributed by atoms with Crippen molar-refractivity contribution in [1.29, 1.82) is 0 Å². The highest BCUT2D eigenvalue weighted by Crippen LogP contribution is 2.32. The molecule has 0 heterocycles. The van der Waals surface area contributed by atoms with Gasteiger partial charge in [-0.15, -0.1) is 0 Å². The third-order valence-electron chi connectivity index (χ3n) is 5.95. The van der Waals surface area contributed by atoms with Crippen molar-refractivity contribution in [2.24, 2.45) is 16.8 Å². The van der Waals surface area contributed by atoms with E-state index in [0.29, 0.717) is 11.5 Å². The average molecular weight is 424 g/mol. The van der Waals surface area contributed by atoms with Gasteiger partial charge in [-0.25, -0.2) is 8.78 Å². The standard InChI is InChI=1S/C26H27F2NS/c1-3-5-18-6-8-19(9-7-18)10-11-21-12-13-22(14-20(21)4-2)23-15-24(27)26(29-17-30)25(28)16-23/h12-16,18-19H,3-9H2,1-2H3. The van der Waals surface area contributed by atoms with Crippen LogP contribution >= 0.6 is 12.2 Å². The summed E-state index contributed by atoms with van der Waals surface area (Å²) in [4.78, 5) is 3.47. The van der Waals surface area contributed by atoms with Crippen molar-refractivity contribution < 1.29 is 8.78 Å². The number of aliphatic imine (C=N–C) groups is 1. The van der Waals surface area contributed by atoms with Crippen molar-refractivity contribution in [1.82, 2.24) is 0 Å². The largest absolute Gasteiger partial charge is 0.204 e. The number of hydrogen-bond donors (Lipinski definition) is 0. The predicted octanol–water partition coefficient (Wildman–Crippen LogP) is 7.89. The van der Waals surface area contributed by atoms with E-state index in [4.69, 9.17) is 0 Å². The van der Waals surface area contributed by atoms with E-state index >= 15 is 0 Å². The van der Waals surface area contributed by atoms with Crippen LogP contribution in [0.1, 0.15) is 63.5 Å². The molecule has 3 rings (SSSR count). The zero-order valence-electron chi connectivity index (χ0n) is 17.6. The molecule has 1 nitrogen and oxygen atoms in total. The van der Waals surface area contributed by atoms with Crippen LogP contribution < -0.4 is 0 Å². The lowest BCUT2D eigenvalue weighted by molar-refractivity contribution is 0.300. The summed E-state index contributed by atoms with van der Waals surface area (Å²) in [6.45, 7) is 4.32. The summed E-state index contributed by atoms with van der Waals surface area (Å²) in [5.41, 5.74) is 2.91. The molecule has 1 fully saturated rings. The summed E-state index contributed by atoms with van der Waals surface area (Å²) in [7, 11) is 0. The quantitative estimate of drug-likeness (QED) is 0.271. The average Bonchev–Trinajstić information content (AvgIpc) is 2.75. The summed E-state index contributed by atoms with van der Waals surface area (Å²) >= 11 is 4.45. The summed E-state index contributed by atoms with van der Waals surface area (Å²) in [6.07, 6.45) is 8.35. The number of isothiocyanates is 1. The number of halogens is 2. The van der Waals surface area contributed by atoms with Gasteiger partial charge >= 0.3 is 0 Å². The molecule has 0 amide bonds. The predicted molar refractivity (Wildman–Crippen MR) is 123 cm³/mol. The van der Waals surface area contributed by atoms with Crippen LogP contribution in [0.15, 0.2) is 35.3 Å². The third kappa shape index (κ3) is 5.42. The fraction of sp³-hybridized carbons (Fsp3) is 0.423. The second-order valence-corrected chi connectivity index (χ2v) is 8.18. The molecule has 0 saturated heterocycles. The molecule has 2 aromatic rings. The van der Waals surface area contributed by atoms with Crippen LogP contribution in [0.25, 0.3) is 11.1 Å². The van der Waals surface area contributed by atoms with Gasteiger partial charge in [0.2, 0.25) is 0 Å². The van der Waals surface area contributed by atoms with Crippen LogP contribution in [-0.4, -0.2) is 5.16 Å². The number of hydrogen-bond acceptors (Lipinski definition) is 2. The van der Waals surface area contributed by atoms with Gasteiger partial charge in [-0.2, -0.15) is 4.99 Å². The first-order valence-electron chi connectivity index (χ1n) is 10.8. The molecule has 0 aliphatic heterocycles. The number of thiocarbonyl (C=S) groups is 1. The molecule has 0 bridgehead atoms. The zero-order valence-corrected chi connectivity index (χ0v) is 18.4. The minimum absolute atomic E-state index is 0.402. The van der Waals surface area contributed by atoms with Crippen LogP contribution in [0.4, 0.5) is 14.5 Å². The molecular formula is C26H27F2NS. The molecule has 0 aromatic heterocycles. The second-order valence-electron chi connectivity index (χ2n) is 7.99. The fourth-order valence-electron chi connectivity index (χ4n) is 4.26. The number of rotatable bonds is 5. The Labute approximate surface area is 183 Å². The van der Waals surface area contributed by atoms with Gasteiger partial charge in [-0.3, -0.25) is 0 Å². The summed E-state index contributed by atoms with van der Waals surface area (Å²) < 4.78 is 28.4. The van der Waals surface area contributed by atoms with Crippen molar-refractivity contribution in [3.05, 3.63) is 53.1 Å². The SMILES string of the molecule is CCCC1CCC(C#Cc2ccc(-c3cc(F)c(N=C=S)c(F)c3)cc2CC)CC1. The maximum atomic E-state index is 14.2. The zero-order chi connectivity index (χ0) is 21.5. The molecule has 30 heavy (non-hydrogen) atoms. The first-order valence-corrected chi connectivity index (χ1v) is 11.2. The minimum atomic E-state index is -0.747. The topological polar surface area (TPSA) is 12.4 Å². The lowest BCUT2D eigenvalue weighted by Gasteiger charge is -2.25. The second kappa shape index (κ2) is 10.6. The highest BCUT2D eigenvalue weighted by Gasteiger charge is 2.19. The molecule has 156 valence electrons. The number of nitrogens with zero attached hydrogens (tertiary/aromatic N) is 1. The van der Waals surface area contributed by atoms with Gasteiger partial charge in [-0.1, -0.05) is 44.6 Å². The van der Waals surface area contributed by atoms with E-state index in [0.717, 1.165) is 29.0 Å². The Balaban J connectivity index is 1.81. The molecule has 4 heteroatoms. The summed E-state index contributed by atoms with van der Waals surface area (Å²) in [6, 6.07) is 8.37. The highest BCUT2D eigenvalue weighted by atomic mass is 32.1. The first kappa shape index (κ1) is 22.3. The van der Waals surface area contributed by atoms with E-state index in [1.807, 2.05) is 23.4 Å². The molecule has 2 aromatic carbocycles. The van der Waals surface area contributed by atoms with Gasteiger partial charge < -0.3 is 0 Å². The van der Waals surface area contributed by atoms with Crippen molar-refractivity contribution in [2.45, 2.75) is 58.8 Å². The van der Waals surface area contributed by atoms with Gasteiger partial charge in [0, 0.05) is 11.5 Å². The van der Waals surface area contributed by atoms with Crippen molar-refractivity contribution >= 4 is 23.1 Å². The van der Waals surface area contributed by atoms with E-state index < -0.39 is 17.3 Å². The van der Waals surface area contributed by atoms with Gasteiger partial charge in [0.15, 0.2) is 11.6 Å². The highest BCUT2D eigenvalue weighted by molar-refractivity contribution is 7.78. The summed E-state index contributed by atoms with van der Waals surface area (Å²) in [5, 5.41) is 2.01. The minimum Gasteiger partial charge on any atom is -0.204 e. The molecule has 0 spiro atoms. The van der Waals surface area contributed by atoms with E-state index in [1.165, 1.54) is 50.7 Å². The first-order chi connectivity index (χ1) is 14.5. The van der Waals surface area contributed by atoms with E-state index in [-0.39, 0.29) is 0 Å². The lowest BCUT2D eigenvalue weighted by Crippen LogP contribution is -2.13. The van der Waals surface area contributed by atoms with Crippen molar-refractivity contribution in [3.63, 3.8) is 0 Å². The Morgan fingerprint density at radius 2 is 1.70 bits per heavy atom. The molecule has 0 radical (unpaired) electrons. The van der Waals surface area contributed by atoms with Crippen molar-refractivity contribution in [2.75, 3.05) is 0 Å². The van der Waals surface area contributed by atoms with Gasteiger partial charge in [0.1, 0.15) is 5.69 Å². The Morgan fingerprint density at radius 3 is 2.30 bits per heavy atom. The Bertz CT molecular complexity index is 980. The van der Waals surface area contributed by atoms with Crippen LogP contribution in [0.2, 0.25) is 0 Å². The molecule has 1 saturated carbocycles. The Morgan fingerprint density at radius 1 is 1.00 bits per heavy atom. The van der Waals surface area contributed by atoms with Gasteiger partial charge in [-0.05, 0) is 91.2 Å². The Kier molecular flexibility index (Phi) is 7.91. The van der Waals surface area contributed by atoms with Crippen LogP contribution in [-0.2, 0) is 6.42 Å². The normalized spacial score (nSPS) is 18.3. The number of aryl methyl sites for hydroxylation is 1. The third-order valence-corrected chi connectivity index (χ3v) is 6.04. The van der Waals surface area contributed by atoms with Crippen LogP contribution in [0.3, 0.4) is 0 Å². The maximum absolute atomic E-state index is 14.2. The monoisotopic (exact) mass is 423 g/mol. The van der Waals surface area contributed by atoms with Crippen LogP contribution in [0.5, 0.6) is 0 Å². The summed E-state index contributed by atoms with van der Waals surface area (Å²) in [5.74, 6) is 6.70. The molecule has 0 atom stereocenters. The van der Waals surface area contributed by atoms with E-state index in [9.17, 15) is 8.78 Å². The Hall–Kier alpha value is -2.34. The molecular weight excluding hydrogens is 396 g/mol. The fourth-order valence-corrected chi connectivity index (χ4v) is 4.35. The van der Waals surface area contributed by atoms with E-state index in [2.05, 4.69) is 42.9 Å². The smallest absolute Gasteiger partial charge is 0.153 e. The molecule has 1 aliphatic carbocycles. The maximum Gasteiger partial charge on any atom is 0.153 e. The molecule has 0 unspecified atom stereocenters. The van der Waals surface area contributed by atoms with Crippen molar-refractivity contribution in [3.8, 4) is 23.0 Å². The molecule has 1 aliphatic rings. The van der Waals surface area contributed by atoms with E-state index in [1.54, 1.807) is 0 Å². The van der Waals surface area contributed by atoms with Gasteiger partial charge in [0.25, 0.3) is 0 Å². The van der Waals surface area contributed by atoms with Crippen LogP contribution in [0, 0.1) is 35.3 Å². The van der Waals surface area contributed by atoms with Gasteiger partial charge in [0.05, 0.1) is 5.16 Å². The number of benzene rings is 2. The lowest BCUT2D eigenvalue weighted by atomic mass is 9.80. The molecule has 0 N–H and O–H groups in total.